The number of hydrogen-bond acceptors (Lipinski definition) is 16. The molecule has 7 amide bonds. The lowest BCUT2D eigenvalue weighted by molar-refractivity contribution is -0.301. The molecule has 0 aromatic rings. The minimum atomic E-state index is -1.57. The highest BCUT2D eigenvalue weighted by Gasteiger charge is 2.54. The molecule has 0 aliphatic carbocycles. The Morgan fingerprint density at radius 2 is 1.22 bits per heavy atom. The van der Waals surface area contributed by atoms with E-state index in [0.29, 0.717) is 51.1 Å². The zero-order valence-corrected chi connectivity index (χ0v) is 36.3. The van der Waals surface area contributed by atoms with E-state index in [1.165, 1.54) is 23.5 Å². The van der Waals surface area contributed by atoms with E-state index < -0.39 is 58.8 Å². The molecule has 0 aromatic heterocycles. The lowest BCUT2D eigenvalue weighted by Gasteiger charge is -2.50. The highest BCUT2D eigenvalue weighted by Crippen LogP contribution is 2.41. The largest absolute Gasteiger partial charge is 0.543 e. The SMILES string of the molecule is CCCC(=O)NC1C(=O)N2C(C(=O)O)=C(COC(=O)NCCP=S)CSC12.CCCC(=O)NC1C(=O)N2C(C(=O)[O-])=C(COC(=O)NCNC(=O)CCP=S)CSC12. The fourth-order valence-corrected chi connectivity index (χ4v) is 9.28. The zero-order valence-electron chi connectivity index (χ0n) is 31.3. The van der Waals surface area contributed by atoms with Crippen molar-refractivity contribution in [3.8, 4) is 0 Å². The summed E-state index contributed by atoms with van der Waals surface area (Å²) in [5.41, 5.74) is 0.0177. The highest BCUT2D eigenvalue weighted by molar-refractivity contribution is 8.00. The van der Waals surface area contributed by atoms with Crippen molar-refractivity contribution in [3.05, 3.63) is 22.5 Å². The smallest absolute Gasteiger partial charge is 0.408 e. The minimum absolute atomic E-state index is 0.154. The number of nitrogens with zero attached hydrogens (tertiary/aromatic N) is 2. The van der Waals surface area contributed by atoms with Crippen molar-refractivity contribution in [1.82, 2.24) is 36.4 Å². The van der Waals surface area contributed by atoms with E-state index in [4.69, 9.17) is 33.1 Å². The number of ether oxygens (including phenoxy) is 2. The Bertz CT molecular complexity index is 1740. The predicted octanol–water partition coefficient (Wildman–Crippen LogP) is -0.552. The normalized spacial score (nSPS) is 20.6. The van der Waals surface area contributed by atoms with Gasteiger partial charge in [-0.2, -0.15) is 0 Å². The zero-order chi connectivity index (χ0) is 42.9. The average Bonchev–Trinajstić information content (AvgIpc) is 3.19. The monoisotopic (exact) mass is 922 g/mol. The van der Waals surface area contributed by atoms with Crippen molar-refractivity contribution in [2.24, 2.45) is 0 Å². The number of carboxylic acid groups (broad SMARTS) is 2. The van der Waals surface area contributed by atoms with Crippen LogP contribution in [0.1, 0.15) is 46.0 Å². The van der Waals surface area contributed by atoms with Crippen LogP contribution in [0.4, 0.5) is 9.59 Å². The van der Waals surface area contributed by atoms with E-state index in [-0.39, 0.29) is 78.9 Å². The Morgan fingerprint density at radius 3 is 1.69 bits per heavy atom. The fourth-order valence-electron chi connectivity index (χ4n) is 5.58. The van der Waals surface area contributed by atoms with Crippen LogP contribution in [0.5, 0.6) is 0 Å². The number of amides is 7. The molecule has 2 fully saturated rings. The number of alkyl carbamates (subject to hydrolysis) is 2. The first-order chi connectivity index (χ1) is 27.7. The number of carbonyl (C=O) groups excluding carboxylic acids is 8. The van der Waals surface area contributed by atoms with Crippen LogP contribution in [0.3, 0.4) is 0 Å². The summed E-state index contributed by atoms with van der Waals surface area (Å²) in [4.78, 5) is 109. The van der Waals surface area contributed by atoms with Gasteiger partial charge in [0, 0.05) is 60.8 Å². The molecule has 0 aromatic carbocycles. The maximum atomic E-state index is 12.4. The van der Waals surface area contributed by atoms with Gasteiger partial charge in [-0.05, 0) is 27.6 Å². The third-order valence-electron chi connectivity index (χ3n) is 8.25. The van der Waals surface area contributed by atoms with Crippen LogP contribution in [0.2, 0.25) is 0 Å². The molecule has 4 atom stereocenters. The number of fused-ring (bicyclic) bond motifs is 2. The number of thioether (sulfide) groups is 2. The van der Waals surface area contributed by atoms with Gasteiger partial charge in [0.25, 0.3) is 11.8 Å². The van der Waals surface area contributed by atoms with Crippen molar-refractivity contribution in [2.45, 2.75) is 68.8 Å². The molecule has 0 bridgehead atoms. The van der Waals surface area contributed by atoms with E-state index in [9.17, 15) is 53.4 Å². The molecule has 26 heteroatoms. The Kier molecular flexibility index (Phi) is 20.2. The van der Waals surface area contributed by atoms with Gasteiger partial charge in [0.2, 0.25) is 17.7 Å². The highest BCUT2D eigenvalue weighted by atomic mass is 32.4. The molecule has 4 unspecified atom stereocenters. The van der Waals surface area contributed by atoms with E-state index in [1.54, 1.807) is 0 Å². The molecule has 58 heavy (non-hydrogen) atoms. The quantitative estimate of drug-likeness (QED) is 0.0387. The van der Waals surface area contributed by atoms with Gasteiger partial charge in [-0.25, -0.2) is 14.4 Å². The van der Waals surface area contributed by atoms with Crippen LogP contribution < -0.4 is 31.7 Å². The number of aliphatic carboxylic acids is 2. The van der Waals surface area contributed by atoms with Crippen LogP contribution in [-0.2, 0) is 66.6 Å². The molecule has 4 rings (SSSR count). The fraction of sp³-hybridized carbons (Fsp3) is 0.594. The summed E-state index contributed by atoms with van der Waals surface area (Å²) in [6, 6.07) is -1.53. The Balaban J connectivity index is 0.000000313. The molecule has 0 spiro atoms. The average molecular weight is 923 g/mol. The molecule has 4 aliphatic heterocycles. The number of carbonyl (C=O) groups is 9. The summed E-state index contributed by atoms with van der Waals surface area (Å²) in [6.07, 6.45) is 1.71. The van der Waals surface area contributed by atoms with Gasteiger partial charge in [0.15, 0.2) is 0 Å². The predicted molar refractivity (Wildman–Crippen MR) is 216 cm³/mol. The molecule has 6 N–H and O–H groups in total. The molecule has 2 saturated heterocycles. The van der Waals surface area contributed by atoms with Crippen molar-refractivity contribution >= 4 is 116 Å². The van der Waals surface area contributed by atoms with Gasteiger partial charge in [0.05, 0.1) is 18.3 Å². The van der Waals surface area contributed by atoms with Gasteiger partial charge >= 0.3 is 18.2 Å². The molecule has 4 heterocycles. The molecular formula is C32H42N7O13P2S4-. The first-order valence-electron chi connectivity index (χ1n) is 17.7. The first kappa shape index (κ1) is 48.4. The number of nitrogens with one attached hydrogen (secondary N) is 5. The van der Waals surface area contributed by atoms with E-state index in [0.717, 1.165) is 17.2 Å². The molecule has 0 radical (unpaired) electrons. The van der Waals surface area contributed by atoms with Gasteiger partial charge in [-0.1, -0.05) is 37.5 Å². The second kappa shape index (κ2) is 24.2. The van der Waals surface area contributed by atoms with Gasteiger partial charge in [0.1, 0.15) is 41.7 Å². The number of carboxylic acids is 2. The minimum Gasteiger partial charge on any atom is -0.543 e. The van der Waals surface area contributed by atoms with Crippen molar-refractivity contribution < 1.29 is 62.8 Å². The van der Waals surface area contributed by atoms with Crippen molar-refractivity contribution in [1.29, 1.82) is 0 Å². The van der Waals surface area contributed by atoms with E-state index in [1.807, 2.05) is 13.8 Å². The third kappa shape index (κ3) is 13.3. The lowest BCUT2D eigenvalue weighted by Crippen LogP contribution is -2.71. The Hall–Kier alpha value is -3.95. The lowest BCUT2D eigenvalue weighted by atomic mass is 10.0. The van der Waals surface area contributed by atoms with Crippen molar-refractivity contribution in [3.63, 3.8) is 0 Å². The summed E-state index contributed by atoms with van der Waals surface area (Å²) in [5.74, 6) is -4.17. The molecule has 20 nitrogen and oxygen atoms in total. The van der Waals surface area contributed by atoms with Crippen LogP contribution in [-0.4, -0.2) is 142 Å². The van der Waals surface area contributed by atoms with Crippen LogP contribution in [0.15, 0.2) is 22.5 Å². The van der Waals surface area contributed by atoms with Crippen LogP contribution >= 0.6 is 38.2 Å². The third-order valence-corrected chi connectivity index (χ3v) is 12.8. The molecule has 0 saturated carbocycles. The van der Waals surface area contributed by atoms with Crippen molar-refractivity contribution in [2.75, 3.05) is 50.3 Å². The first-order valence-corrected chi connectivity index (χ1v) is 24.0. The summed E-state index contributed by atoms with van der Waals surface area (Å²) in [5, 5.41) is 32.7. The molecule has 4 aliphatic rings. The summed E-state index contributed by atoms with van der Waals surface area (Å²) >= 11 is 12.1. The Labute approximate surface area is 354 Å². The second-order valence-electron chi connectivity index (χ2n) is 12.4. The summed E-state index contributed by atoms with van der Waals surface area (Å²) < 4.78 is 10.0. The maximum Gasteiger partial charge on any atom is 0.408 e. The van der Waals surface area contributed by atoms with Crippen LogP contribution in [0.25, 0.3) is 0 Å². The van der Waals surface area contributed by atoms with E-state index >= 15 is 0 Å². The Morgan fingerprint density at radius 1 is 0.741 bits per heavy atom. The number of hydrogen-bond donors (Lipinski definition) is 6. The molecular weight excluding hydrogens is 881 g/mol. The van der Waals surface area contributed by atoms with Gasteiger partial charge in [-0.3, -0.25) is 33.8 Å². The summed E-state index contributed by atoms with van der Waals surface area (Å²) in [7, 11) is 1.41. The van der Waals surface area contributed by atoms with Crippen LogP contribution in [0, 0.1) is 0 Å². The second-order valence-corrected chi connectivity index (χ2v) is 17.6. The number of β-lactam (4-membered cyclic amide) rings is 2. The molecule has 318 valence electrons. The topological polar surface area (TPSA) is 282 Å². The number of rotatable bonds is 20. The maximum absolute atomic E-state index is 12.4. The summed E-state index contributed by atoms with van der Waals surface area (Å²) in [6.45, 7) is 3.31. The van der Waals surface area contributed by atoms with Gasteiger partial charge in [-0.15, -0.1) is 23.5 Å². The standard InChI is InChI=1S/C17H23N4O7PS2.C15H20N3O6PS2/c1-2-3-11(23)20-12-14(24)21-13(16(25)26)9(7-31-15(12)21)6-28-17(27)19-8-18-10(22)4-5-29-30;1-2-3-9(19)17-10-12(20)18-11(14(21)22)8(7-27-13(10)18)6-24-15(23)16-4-5-25-26/h12,15H,2-8H2,1H3,(H,18,22)(H,19,27)(H,20,23)(H,25,26);10,13H,2-7H2,1H3,(H,16,23)(H,17,19)(H,21,22)/p-1. The van der Waals surface area contributed by atoms with Gasteiger partial charge < -0.3 is 51.1 Å². The van der Waals surface area contributed by atoms with E-state index in [2.05, 4.69) is 26.6 Å².